The summed E-state index contributed by atoms with van der Waals surface area (Å²) in [6, 6.07) is 13.7. The number of hydrogen-bond acceptors (Lipinski definition) is 7. The molecule has 0 radical (unpaired) electrons. The molecule has 1 saturated heterocycles. The molecule has 0 aromatic heterocycles. The Labute approximate surface area is 224 Å². The molecule has 0 amide bonds. The van der Waals surface area contributed by atoms with Crippen LogP contribution in [0.25, 0.3) is 0 Å². The summed E-state index contributed by atoms with van der Waals surface area (Å²) < 4.78 is 81.4. The first-order chi connectivity index (χ1) is 17.6. The first-order valence-corrected chi connectivity index (χ1v) is 16.6. The minimum Gasteiger partial charge on any atom is -0.390 e. The second-order valence-corrected chi connectivity index (χ2v) is 15.3. The van der Waals surface area contributed by atoms with Gasteiger partial charge < -0.3 is 5.11 Å². The van der Waals surface area contributed by atoms with Crippen LogP contribution in [0, 0.1) is 27.7 Å². The van der Waals surface area contributed by atoms with Crippen molar-refractivity contribution >= 4 is 41.3 Å². The predicted molar refractivity (Wildman–Crippen MR) is 147 cm³/mol. The Morgan fingerprint density at radius 2 is 1.29 bits per heavy atom. The Kier molecular flexibility index (Phi) is 7.38. The van der Waals surface area contributed by atoms with Gasteiger partial charge in [-0.25, -0.2) is 25.3 Å². The van der Waals surface area contributed by atoms with Crippen LogP contribution in [0.15, 0.2) is 70.5 Å². The number of hydrogen-bond donors (Lipinski definition) is 2. The average molecular weight is 579 g/mol. The van der Waals surface area contributed by atoms with Gasteiger partial charge in [-0.1, -0.05) is 12.1 Å². The standard InChI is InChI=1S/C26H30N2O7S3/c1-17-5-11-23(13-19(17)3)37(32,33)27-21-7-9-22(10-8-21)28(25-15-36(30,31)16-26(25)29)38(34,35)24-12-6-18(2)20(4)14-24/h5-14,25-27,29H,15-16H2,1-4H3/t25-,26-/m0/s1. The van der Waals surface area contributed by atoms with E-state index in [1.807, 2.05) is 20.8 Å². The Morgan fingerprint density at radius 1 is 0.763 bits per heavy atom. The van der Waals surface area contributed by atoms with Gasteiger partial charge in [0.15, 0.2) is 9.84 Å². The number of sulfonamides is 2. The Morgan fingerprint density at radius 3 is 1.79 bits per heavy atom. The summed E-state index contributed by atoms with van der Waals surface area (Å²) in [5, 5.41) is 10.6. The molecule has 0 saturated carbocycles. The van der Waals surface area contributed by atoms with E-state index in [0.717, 1.165) is 26.6 Å². The number of benzene rings is 3. The van der Waals surface area contributed by atoms with Gasteiger partial charge in [-0.3, -0.25) is 9.03 Å². The molecular weight excluding hydrogens is 548 g/mol. The van der Waals surface area contributed by atoms with Crippen molar-refractivity contribution in [3.8, 4) is 0 Å². The normalized spacial score (nSPS) is 19.3. The maximum atomic E-state index is 13.8. The molecule has 2 N–H and O–H groups in total. The fourth-order valence-corrected chi connectivity index (χ4v) is 9.07. The van der Waals surface area contributed by atoms with Gasteiger partial charge >= 0.3 is 0 Å². The van der Waals surface area contributed by atoms with Crippen LogP contribution < -0.4 is 9.03 Å². The minimum absolute atomic E-state index is 0.0448. The van der Waals surface area contributed by atoms with Crippen molar-refractivity contribution in [3.63, 3.8) is 0 Å². The molecule has 9 nitrogen and oxygen atoms in total. The number of nitrogens with zero attached hydrogens (tertiary/aromatic N) is 1. The quantitative estimate of drug-likeness (QED) is 0.439. The third-order valence-electron chi connectivity index (χ3n) is 6.79. The van der Waals surface area contributed by atoms with Crippen molar-refractivity contribution in [1.82, 2.24) is 0 Å². The number of aliphatic hydroxyl groups excluding tert-OH is 1. The van der Waals surface area contributed by atoms with E-state index in [4.69, 9.17) is 0 Å². The van der Waals surface area contributed by atoms with E-state index in [-0.39, 0.29) is 21.2 Å². The molecule has 3 aromatic rings. The Balaban J connectivity index is 1.73. The number of rotatable bonds is 7. The van der Waals surface area contributed by atoms with E-state index in [1.165, 1.54) is 42.5 Å². The van der Waals surface area contributed by atoms with E-state index < -0.39 is 53.5 Å². The summed E-state index contributed by atoms with van der Waals surface area (Å²) in [4.78, 5) is 0.0412. The lowest BCUT2D eigenvalue weighted by Crippen LogP contribution is -2.47. The zero-order valence-electron chi connectivity index (χ0n) is 21.4. The van der Waals surface area contributed by atoms with Gasteiger partial charge in [-0.2, -0.15) is 0 Å². The SMILES string of the molecule is Cc1ccc(S(=O)(=O)Nc2ccc(N([C@H]3CS(=O)(=O)C[C@@H]3O)S(=O)(=O)c3ccc(C)c(C)c3)cc2)cc1C. The number of aliphatic hydroxyl groups is 1. The smallest absolute Gasteiger partial charge is 0.264 e. The van der Waals surface area contributed by atoms with Crippen molar-refractivity contribution in [2.45, 2.75) is 49.6 Å². The number of aryl methyl sites for hydroxylation is 4. The average Bonchev–Trinajstić information content (AvgIpc) is 3.09. The first kappa shape index (κ1) is 28.1. The van der Waals surface area contributed by atoms with Crippen LogP contribution in [0.5, 0.6) is 0 Å². The van der Waals surface area contributed by atoms with Crippen LogP contribution in [0.2, 0.25) is 0 Å². The van der Waals surface area contributed by atoms with Crippen molar-refractivity contribution in [3.05, 3.63) is 82.9 Å². The lowest BCUT2D eigenvalue weighted by molar-refractivity contribution is 0.184. The summed E-state index contributed by atoms with van der Waals surface area (Å²) in [7, 11) is -11.9. The van der Waals surface area contributed by atoms with Gasteiger partial charge in [0, 0.05) is 5.69 Å². The summed E-state index contributed by atoms with van der Waals surface area (Å²) in [6.45, 7) is 7.30. The van der Waals surface area contributed by atoms with Gasteiger partial charge in [0.2, 0.25) is 0 Å². The van der Waals surface area contributed by atoms with Gasteiger partial charge in [0.25, 0.3) is 20.0 Å². The molecule has 2 atom stereocenters. The third-order valence-corrected chi connectivity index (χ3v) is 11.7. The molecule has 1 aliphatic rings. The fourth-order valence-electron chi connectivity index (χ4n) is 4.30. The first-order valence-electron chi connectivity index (χ1n) is 11.8. The van der Waals surface area contributed by atoms with E-state index in [2.05, 4.69) is 4.72 Å². The van der Waals surface area contributed by atoms with Crippen LogP contribution in [0.3, 0.4) is 0 Å². The minimum atomic E-state index is -4.29. The Bertz CT molecular complexity index is 1700. The number of nitrogens with one attached hydrogen (secondary N) is 1. The molecule has 204 valence electrons. The maximum absolute atomic E-state index is 13.8. The molecule has 12 heteroatoms. The van der Waals surface area contributed by atoms with Gasteiger partial charge in [0.05, 0.1) is 39.1 Å². The number of sulfone groups is 1. The maximum Gasteiger partial charge on any atom is 0.264 e. The van der Waals surface area contributed by atoms with E-state index in [9.17, 15) is 30.4 Å². The second kappa shape index (κ2) is 9.99. The molecule has 38 heavy (non-hydrogen) atoms. The van der Waals surface area contributed by atoms with E-state index in [1.54, 1.807) is 25.1 Å². The summed E-state index contributed by atoms with van der Waals surface area (Å²) >= 11 is 0. The third kappa shape index (κ3) is 5.58. The summed E-state index contributed by atoms with van der Waals surface area (Å²) in [5.74, 6) is -1.09. The topological polar surface area (TPSA) is 138 Å². The molecule has 1 fully saturated rings. The van der Waals surface area contributed by atoms with Crippen LogP contribution in [-0.2, 0) is 29.9 Å². The highest BCUT2D eigenvalue weighted by Gasteiger charge is 2.45. The molecule has 0 unspecified atom stereocenters. The molecular formula is C26H30N2O7S3. The second-order valence-electron chi connectivity index (χ2n) is 9.66. The van der Waals surface area contributed by atoms with E-state index >= 15 is 0 Å². The lowest BCUT2D eigenvalue weighted by atomic mass is 10.1. The largest absolute Gasteiger partial charge is 0.390 e. The van der Waals surface area contributed by atoms with Crippen LogP contribution in [0.4, 0.5) is 11.4 Å². The molecule has 1 heterocycles. The predicted octanol–water partition coefficient (Wildman–Crippen LogP) is 3.07. The van der Waals surface area contributed by atoms with Crippen molar-refractivity contribution in [1.29, 1.82) is 0 Å². The van der Waals surface area contributed by atoms with Crippen LogP contribution in [-0.4, -0.2) is 54.0 Å². The van der Waals surface area contributed by atoms with Crippen molar-refractivity contribution < 1.29 is 30.4 Å². The van der Waals surface area contributed by atoms with Crippen LogP contribution in [0.1, 0.15) is 22.3 Å². The zero-order valence-corrected chi connectivity index (χ0v) is 23.9. The van der Waals surface area contributed by atoms with Crippen LogP contribution >= 0.6 is 0 Å². The monoisotopic (exact) mass is 578 g/mol. The molecule has 0 spiro atoms. The zero-order chi connectivity index (χ0) is 28.0. The van der Waals surface area contributed by atoms with Crippen molar-refractivity contribution in [2.24, 2.45) is 0 Å². The molecule has 0 bridgehead atoms. The van der Waals surface area contributed by atoms with Crippen molar-refractivity contribution in [2.75, 3.05) is 20.5 Å². The molecule has 3 aromatic carbocycles. The number of anilines is 2. The highest BCUT2D eigenvalue weighted by atomic mass is 32.2. The van der Waals surface area contributed by atoms with Gasteiger partial charge in [0.1, 0.15) is 0 Å². The summed E-state index contributed by atoms with van der Waals surface area (Å²) in [6.07, 6.45) is -1.43. The molecule has 4 rings (SSSR count). The highest BCUT2D eigenvalue weighted by Crippen LogP contribution is 2.33. The Hall–Kier alpha value is -2.93. The lowest BCUT2D eigenvalue weighted by Gasteiger charge is -2.31. The van der Waals surface area contributed by atoms with E-state index in [0.29, 0.717) is 0 Å². The molecule has 0 aliphatic carbocycles. The summed E-state index contributed by atoms with van der Waals surface area (Å²) in [5.41, 5.74) is 3.68. The highest BCUT2D eigenvalue weighted by molar-refractivity contribution is 7.93. The van der Waals surface area contributed by atoms with Gasteiger partial charge in [-0.15, -0.1) is 0 Å². The fraction of sp³-hybridized carbons (Fsp3) is 0.308. The molecule has 1 aliphatic heterocycles. The van der Waals surface area contributed by atoms with Gasteiger partial charge in [-0.05, 0) is 98.5 Å².